The second kappa shape index (κ2) is 4.86. The molecule has 2 heterocycles. The zero-order chi connectivity index (χ0) is 9.97. The van der Waals surface area contributed by atoms with Gasteiger partial charge in [0, 0.05) is 30.7 Å². The topological polar surface area (TPSA) is 21.3 Å². The molecule has 1 N–H and O–H groups in total. The Morgan fingerprint density at radius 2 is 2.21 bits per heavy atom. The van der Waals surface area contributed by atoms with Crippen LogP contribution in [0.15, 0.2) is 0 Å². The fraction of sp³-hybridized carbons (Fsp3) is 1.00. The molecule has 2 saturated heterocycles. The van der Waals surface area contributed by atoms with Crippen LogP contribution in [0, 0.1) is 11.8 Å². The molecule has 0 unspecified atom stereocenters. The first-order valence-electron chi connectivity index (χ1n) is 5.70. The van der Waals surface area contributed by atoms with Gasteiger partial charge in [-0.3, -0.25) is 0 Å². The van der Waals surface area contributed by atoms with Crippen LogP contribution in [-0.4, -0.2) is 36.8 Å². The average molecular weight is 215 g/mol. The zero-order valence-corrected chi connectivity index (χ0v) is 9.98. The van der Waals surface area contributed by atoms with Crippen molar-refractivity contribution in [3.63, 3.8) is 0 Å². The van der Waals surface area contributed by atoms with Crippen molar-refractivity contribution in [3.8, 4) is 0 Å². The second-order valence-corrected chi connectivity index (χ2v) is 5.85. The van der Waals surface area contributed by atoms with Gasteiger partial charge < -0.3 is 10.1 Å². The van der Waals surface area contributed by atoms with E-state index in [1.54, 1.807) is 0 Å². The van der Waals surface area contributed by atoms with Crippen molar-refractivity contribution in [2.24, 2.45) is 11.8 Å². The van der Waals surface area contributed by atoms with Crippen LogP contribution in [-0.2, 0) is 4.74 Å². The fourth-order valence-corrected chi connectivity index (χ4v) is 2.99. The van der Waals surface area contributed by atoms with Crippen molar-refractivity contribution < 1.29 is 4.74 Å². The monoisotopic (exact) mass is 215 g/mol. The molecule has 0 saturated carbocycles. The zero-order valence-electron chi connectivity index (χ0n) is 9.16. The van der Waals surface area contributed by atoms with E-state index in [0.717, 1.165) is 25.1 Å². The van der Waals surface area contributed by atoms with Gasteiger partial charge in [-0.2, -0.15) is 11.8 Å². The van der Waals surface area contributed by atoms with Gasteiger partial charge >= 0.3 is 0 Å². The molecule has 2 aliphatic rings. The first kappa shape index (κ1) is 10.8. The Bertz CT molecular complexity index is 182. The Labute approximate surface area is 91.2 Å². The van der Waals surface area contributed by atoms with Crippen LogP contribution in [0.2, 0.25) is 0 Å². The Kier molecular flexibility index (Phi) is 3.74. The van der Waals surface area contributed by atoms with Crippen LogP contribution >= 0.6 is 11.8 Å². The predicted octanol–water partition coefficient (Wildman–Crippen LogP) is 1.75. The molecule has 0 aliphatic carbocycles. The summed E-state index contributed by atoms with van der Waals surface area (Å²) in [7, 11) is 0. The Morgan fingerprint density at radius 3 is 2.79 bits per heavy atom. The van der Waals surface area contributed by atoms with E-state index in [9.17, 15) is 0 Å². The van der Waals surface area contributed by atoms with Crippen LogP contribution in [0.3, 0.4) is 0 Å². The number of nitrogens with one attached hydrogen (secondary N) is 1. The normalized spacial score (nSPS) is 33.6. The lowest BCUT2D eigenvalue weighted by molar-refractivity contribution is 0.0536. The molecule has 0 radical (unpaired) electrons. The molecule has 82 valence electrons. The van der Waals surface area contributed by atoms with Crippen molar-refractivity contribution in [2.45, 2.75) is 32.4 Å². The van der Waals surface area contributed by atoms with E-state index >= 15 is 0 Å². The molecule has 2 fully saturated rings. The highest BCUT2D eigenvalue weighted by Gasteiger charge is 2.31. The molecule has 0 bridgehead atoms. The van der Waals surface area contributed by atoms with Crippen LogP contribution in [0.4, 0.5) is 0 Å². The van der Waals surface area contributed by atoms with Gasteiger partial charge in [0.1, 0.15) is 0 Å². The summed E-state index contributed by atoms with van der Waals surface area (Å²) in [6.07, 6.45) is 1.74. The molecule has 3 heteroatoms. The summed E-state index contributed by atoms with van der Waals surface area (Å²) in [5, 5.41) is 3.65. The molecule has 0 aromatic carbocycles. The molecule has 2 nitrogen and oxygen atoms in total. The van der Waals surface area contributed by atoms with Crippen molar-refractivity contribution in [3.05, 3.63) is 0 Å². The molecule has 14 heavy (non-hydrogen) atoms. The van der Waals surface area contributed by atoms with Crippen molar-refractivity contribution in [1.29, 1.82) is 0 Å². The van der Waals surface area contributed by atoms with Crippen LogP contribution in [0.5, 0.6) is 0 Å². The molecular formula is C11H21NOS. The predicted molar refractivity (Wildman–Crippen MR) is 61.8 cm³/mol. The average Bonchev–Trinajstić information content (AvgIpc) is 2.49. The lowest BCUT2D eigenvalue weighted by Crippen LogP contribution is -2.44. The van der Waals surface area contributed by atoms with Gasteiger partial charge in [-0.25, -0.2) is 0 Å². The summed E-state index contributed by atoms with van der Waals surface area (Å²) in [4.78, 5) is 0. The van der Waals surface area contributed by atoms with Gasteiger partial charge in [-0.05, 0) is 18.3 Å². The van der Waals surface area contributed by atoms with E-state index in [0.29, 0.717) is 12.0 Å². The largest absolute Gasteiger partial charge is 0.378 e. The number of thioether (sulfide) groups is 1. The summed E-state index contributed by atoms with van der Waals surface area (Å²) in [5.41, 5.74) is 0. The SMILES string of the molecule is CC(C)[C@H]1OCC[C@@H]1CNC1CSC1. The van der Waals surface area contributed by atoms with Gasteiger partial charge in [0.25, 0.3) is 0 Å². The van der Waals surface area contributed by atoms with E-state index in [4.69, 9.17) is 4.74 Å². The summed E-state index contributed by atoms with van der Waals surface area (Å²) in [6, 6.07) is 0.786. The van der Waals surface area contributed by atoms with E-state index in [-0.39, 0.29) is 0 Å². The van der Waals surface area contributed by atoms with Crippen LogP contribution in [0.1, 0.15) is 20.3 Å². The molecule has 0 spiro atoms. The Morgan fingerprint density at radius 1 is 1.43 bits per heavy atom. The molecule has 0 aromatic rings. The minimum absolute atomic E-state index is 0.496. The summed E-state index contributed by atoms with van der Waals surface area (Å²) >= 11 is 2.04. The smallest absolute Gasteiger partial charge is 0.0639 e. The highest BCUT2D eigenvalue weighted by atomic mass is 32.2. The van der Waals surface area contributed by atoms with Gasteiger partial charge in [-0.1, -0.05) is 13.8 Å². The van der Waals surface area contributed by atoms with Crippen molar-refractivity contribution in [2.75, 3.05) is 24.7 Å². The maximum Gasteiger partial charge on any atom is 0.0639 e. The maximum absolute atomic E-state index is 5.77. The highest BCUT2D eigenvalue weighted by Crippen LogP contribution is 2.27. The van der Waals surface area contributed by atoms with Gasteiger partial charge in [0.05, 0.1) is 6.10 Å². The quantitative estimate of drug-likeness (QED) is 0.772. The molecule has 2 aliphatic heterocycles. The van der Waals surface area contributed by atoms with Crippen molar-refractivity contribution >= 4 is 11.8 Å². The maximum atomic E-state index is 5.77. The first-order chi connectivity index (χ1) is 6.77. The van der Waals surface area contributed by atoms with E-state index in [1.807, 2.05) is 11.8 Å². The van der Waals surface area contributed by atoms with E-state index in [2.05, 4.69) is 19.2 Å². The molecule has 2 rings (SSSR count). The molecule has 2 atom stereocenters. The van der Waals surface area contributed by atoms with E-state index in [1.165, 1.54) is 17.9 Å². The van der Waals surface area contributed by atoms with Gasteiger partial charge in [-0.15, -0.1) is 0 Å². The minimum Gasteiger partial charge on any atom is -0.378 e. The third-order valence-electron chi connectivity index (χ3n) is 3.23. The Hall–Kier alpha value is 0.270. The number of hydrogen-bond donors (Lipinski definition) is 1. The highest BCUT2D eigenvalue weighted by molar-refractivity contribution is 8.00. The third kappa shape index (κ3) is 2.44. The lowest BCUT2D eigenvalue weighted by atomic mass is 9.93. The minimum atomic E-state index is 0.496. The third-order valence-corrected chi connectivity index (χ3v) is 4.50. The van der Waals surface area contributed by atoms with Gasteiger partial charge in [0.15, 0.2) is 0 Å². The lowest BCUT2D eigenvalue weighted by Gasteiger charge is -2.29. The van der Waals surface area contributed by atoms with Crippen LogP contribution in [0.25, 0.3) is 0 Å². The standard InChI is InChI=1S/C11H21NOS/c1-8(2)11-9(3-4-13-11)5-12-10-6-14-7-10/h8-12H,3-7H2,1-2H3/t9-,11-/m1/s1. The fourth-order valence-electron chi connectivity index (χ4n) is 2.28. The molecule has 0 amide bonds. The number of rotatable bonds is 4. The Balaban J connectivity index is 1.72. The van der Waals surface area contributed by atoms with Crippen molar-refractivity contribution in [1.82, 2.24) is 5.32 Å². The number of hydrogen-bond acceptors (Lipinski definition) is 3. The van der Waals surface area contributed by atoms with E-state index < -0.39 is 0 Å². The summed E-state index contributed by atoms with van der Waals surface area (Å²) < 4.78 is 5.77. The number of ether oxygens (including phenoxy) is 1. The van der Waals surface area contributed by atoms with Gasteiger partial charge in [0.2, 0.25) is 0 Å². The summed E-state index contributed by atoms with van der Waals surface area (Å²) in [6.45, 7) is 6.66. The first-order valence-corrected chi connectivity index (χ1v) is 6.85. The molecular weight excluding hydrogens is 194 g/mol. The second-order valence-electron chi connectivity index (χ2n) is 4.77. The molecule has 0 aromatic heterocycles. The van der Waals surface area contributed by atoms with Crippen LogP contribution < -0.4 is 5.32 Å². The summed E-state index contributed by atoms with van der Waals surface area (Å²) in [5.74, 6) is 4.03.